The number of hydrogen-bond donors (Lipinski definition) is 0. The molecule has 6 nitrogen and oxygen atoms in total. The molecule has 648 valence electrons. The predicted molar refractivity (Wildman–Crippen MR) is 586 cm³/mol. The zero-order valence-corrected chi connectivity index (χ0v) is 76.2. The van der Waals surface area contributed by atoms with Crippen LogP contribution >= 0.6 is 0 Å². The molecule has 0 aromatic heterocycles. The number of benzene rings is 25. The second-order valence-corrected chi connectivity index (χ2v) is 35.8. The van der Waals surface area contributed by atoms with Crippen molar-refractivity contribution in [1.29, 1.82) is 0 Å². The van der Waals surface area contributed by atoms with Crippen LogP contribution in [0.2, 0.25) is 0 Å². The number of rotatable bonds is 12. The van der Waals surface area contributed by atoms with Crippen molar-refractivity contribution in [3.05, 3.63) is 557 Å². The molecule has 0 bridgehead atoms. The molecule has 0 atom stereocenters. The summed E-state index contributed by atoms with van der Waals surface area (Å²) in [5, 5.41) is 23.0. The molecule has 6 heteroatoms. The van der Waals surface area contributed by atoms with Gasteiger partial charge in [0.15, 0.2) is 0 Å². The van der Waals surface area contributed by atoms with Crippen LogP contribution in [0, 0.1) is 35.5 Å². The normalized spacial score (nSPS) is 11.2. The second-order valence-electron chi connectivity index (χ2n) is 35.8. The van der Waals surface area contributed by atoms with Gasteiger partial charge in [-0.15, -0.1) is 0 Å². The van der Waals surface area contributed by atoms with E-state index in [2.05, 4.69) is 468 Å². The molecule has 141 heavy (non-hydrogen) atoms. The molecule has 0 saturated heterocycles. The lowest BCUT2D eigenvalue weighted by Crippen LogP contribution is -2.10. The van der Waals surface area contributed by atoms with Crippen molar-refractivity contribution in [2.24, 2.45) is 0 Å². The van der Waals surface area contributed by atoms with Crippen molar-refractivity contribution in [3.63, 3.8) is 0 Å². The van der Waals surface area contributed by atoms with E-state index >= 15 is 0 Å². The Kier molecular flexibility index (Phi) is 20.9. The van der Waals surface area contributed by atoms with Crippen LogP contribution in [0.4, 0.5) is 0 Å². The smallest absolute Gasteiger partial charge is 0.332 e. The van der Waals surface area contributed by atoms with Crippen molar-refractivity contribution in [3.8, 4) is 102 Å². The highest BCUT2D eigenvalue weighted by atomic mass is 14.9. The average Bonchev–Trinajstić information content (AvgIpc) is 0.720. The fourth-order valence-corrected chi connectivity index (χ4v) is 22.1. The van der Waals surface area contributed by atoms with Gasteiger partial charge in [-0.3, -0.25) is 0 Å². The molecular formula is C135H78N6. The third-order valence-corrected chi connectivity index (χ3v) is 27.9. The summed E-state index contributed by atoms with van der Waals surface area (Å²) < 4.78 is 0. The standard InChI is InChI=1S/C135H78N6/c136-139-133(127-106-58-28-19-49-97(106)121(91-37-7-1-8-38-91)98-50-20-29-59-107(98)127)130-112-64-34-25-55-103(112)124(94-43-13-4-14-44-94)115-76-73-85(82-118(115)130)67-70-88-79-89(71-68-86-74-77-116-119(83-86)131(113-65-35-26-56-104(113)125(116)95-45-15-5-16-46-95)134(140-137)128-108-60-30-21-51-99(108)122(92-39-9-2-10-40-92)100-52-22-31-61-109(100)128)81-90(80-88)72-69-87-75-78-117-120(84-87)132(114-66-36-27-57-105(114)126(117)96-47-17-6-18-48-96)135(141-138)129-110-62-32-23-53-101(110)123(93-41-11-3-12-42-93)102-54-24-33-63-111(102)129/h1-66,73-84H. The summed E-state index contributed by atoms with van der Waals surface area (Å²) in [5.74, 6) is 22.2. The number of fused-ring (bicyclic) bond motifs is 12. The van der Waals surface area contributed by atoms with Crippen LogP contribution in [0.1, 0.15) is 66.8 Å². The average molecular weight is 1780 g/mol. The molecule has 0 N–H and O–H groups in total. The van der Waals surface area contributed by atoms with Gasteiger partial charge in [0.1, 0.15) is 0 Å². The van der Waals surface area contributed by atoms with E-state index in [4.69, 9.17) is 0 Å². The third-order valence-electron chi connectivity index (χ3n) is 27.9. The van der Waals surface area contributed by atoms with Crippen LogP contribution in [-0.4, -0.2) is 31.5 Å². The van der Waals surface area contributed by atoms with Gasteiger partial charge in [-0.05, 0) is 251 Å². The van der Waals surface area contributed by atoms with Gasteiger partial charge in [0.25, 0.3) is 0 Å². The molecule has 25 aromatic carbocycles. The van der Waals surface area contributed by atoms with E-state index in [0.29, 0.717) is 33.8 Å². The van der Waals surface area contributed by atoms with Crippen molar-refractivity contribution in [1.82, 2.24) is 0 Å². The molecule has 0 aliphatic heterocycles. The van der Waals surface area contributed by atoms with E-state index in [9.17, 15) is 16.6 Å². The highest BCUT2D eigenvalue weighted by molar-refractivity contribution is 6.39. The molecule has 0 heterocycles. The first-order valence-corrected chi connectivity index (χ1v) is 47.4. The Balaban J connectivity index is 0.705. The van der Waals surface area contributed by atoms with Crippen LogP contribution in [-0.2, 0) is 0 Å². The van der Waals surface area contributed by atoms with E-state index in [1.807, 2.05) is 54.6 Å². The fraction of sp³-hybridized carbons (Fsp3) is 0. The SMILES string of the molecule is [N-]=[N+]=C(c1c2ccccc2c(-c2ccccc2)c2ccccc12)c1c2ccccc2c(-c2ccccc2)c2ccc(C#Cc3cc(C#Cc4ccc5c(-c6ccccc6)c6ccccc6c(C(=[N+]=[N-])c6c7ccccc7c(-c7ccccc7)c7ccccc67)c5c4)cc(C#Cc4ccc5c(-c6ccccc6)c6ccccc6c(C(=[N+]=[N-])c6c7ccccc7c(-c7ccccc7)c7ccccc67)c5c4)c3)cc12. The lowest BCUT2D eigenvalue weighted by atomic mass is 9.81. The lowest BCUT2D eigenvalue weighted by Gasteiger charge is -2.18. The van der Waals surface area contributed by atoms with Crippen LogP contribution in [0.5, 0.6) is 0 Å². The molecular weight excluding hydrogens is 1710 g/mol. The maximum Gasteiger partial charge on any atom is 0.332 e. The van der Waals surface area contributed by atoms with Crippen molar-refractivity contribution < 1.29 is 14.4 Å². The summed E-state index contributed by atoms with van der Waals surface area (Å²) in [7, 11) is 0. The Labute approximate surface area is 813 Å². The van der Waals surface area contributed by atoms with Gasteiger partial charge in [-0.25, -0.2) is 0 Å². The van der Waals surface area contributed by atoms with Crippen LogP contribution in [0.15, 0.2) is 473 Å². The van der Waals surface area contributed by atoms with Crippen molar-refractivity contribution in [2.75, 3.05) is 0 Å². The Morgan fingerprint density at radius 2 is 0.262 bits per heavy atom. The summed E-state index contributed by atoms with van der Waals surface area (Å²) >= 11 is 0. The third kappa shape index (κ3) is 14.3. The molecule has 0 saturated carbocycles. The highest BCUT2D eigenvalue weighted by Gasteiger charge is 2.35. The zero-order valence-electron chi connectivity index (χ0n) is 76.2. The summed E-state index contributed by atoms with van der Waals surface area (Å²) in [5.41, 5.74) is 59.6. The van der Waals surface area contributed by atoms with E-state index < -0.39 is 0 Å². The summed E-state index contributed by atoms with van der Waals surface area (Å²) in [6, 6.07) is 165. The van der Waals surface area contributed by atoms with Gasteiger partial charge >= 0.3 is 17.1 Å². The summed E-state index contributed by atoms with van der Waals surface area (Å²) in [4.78, 5) is 13.5. The largest absolute Gasteiger partial charge is 0.361 e. The van der Waals surface area contributed by atoms with Gasteiger partial charge in [0.2, 0.25) is 0 Å². The van der Waals surface area contributed by atoms with E-state index in [1.54, 1.807) is 0 Å². The molecule has 25 aromatic rings. The number of hydrogen-bond acceptors (Lipinski definition) is 0. The van der Waals surface area contributed by atoms with E-state index in [0.717, 1.165) is 246 Å². The van der Waals surface area contributed by atoms with Gasteiger partial charge in [0, 0.05) is 33.4 Å². The first kappa shape index (κ1) is 83.3. The minimum Gasteiger partial charge on any atom is -0.361 e. The van der Waals surface area contributed by atoms with Crippen molar-refractivity contribution >= 4 is 146 Å². The van der Waals surface area contributed by atoms with Crippen LogP contribution < -0.4 is 0 Å². The minimum atomic E-state index is 0.429. The quantitative estimate of drug-likeness (QED) is 0.0382. The topological polar surface area (TPSA) is 109 Å². The van der Waals surface area contributed by atoms with Crippen molar-refractivity contribution in [2.45, 2.75) is 0 Å². The Hall–Kier alpha value is -19.6. The van der Waals surface area contributed by atoms with Crippen LogP contribution in [0.25, 0.3) is 213 Å². The maximum absolute atomic E-state index is 12.2. The van der Waals surface area contributed by atoms with E-state index in [1.165, 1.54) is 0 Å². The zero-order chi connectivity index (χ0) is 94.0. The van der Waals surface area contributed by atoms with Gasteiger partial charge in [-0.1, -0.05) is 454 Å². The molecule has 25 rings (SSSR count). The lowest BCUT2D eigenvalue weighted by molar-refractivity contribution is -0.00279. The first-order valence-electron chi connectivity index (χ1n) is 47.4. The maximum atomic E-state index is 12.2. The number of nitrogens with zero attached hydrogens (tertiary/aromatic N) is 6. The first-order chi connectivity index (χ1) is 69.9. The molecule has 0 unspecified atom stereocenters. The highest BCUT2D eigenvalue weighted by Crippen LogP contribution is 2.51. The predicted octanol–water partition coefficient (Wildman–Crippen LogP) is 32.9. The minimum absolute atomic E-state index is 0.429. The molecule has 0 radical (unpaired) electrons. The van der Waals surface area contributed by atoms with Gasteiger partial charge < -0.3 is 16.6 Å². The fourth-order valence-electron chi connectivity index (χ4n) is 22.1. The van der Waals surface area contributed by atoms with Gasteiger partial charge in [-0.2, -0.15) is 14.4 Å². The molecule has 0 aliphatic carbocycles. The second kappa shape index (κ2) is 35.4. The molecule has 0 spiro atoms. The Bertz CT molecular complexity index is 8900. The van der Waals surface area contributed by atoms with Crippen LogP contribution in [0.3, 0.4) is 0 Å². The summed E-state index contributed by atoms with van der Waals surface area (Å²) in [6.07, 6.45) is 0. The summed E-state index contributed by atoms with van der Waals surface area (Å²) in [6.45, 7) is 0. The molecule has 0 aliphatic rings. The monoisotopic (exact) mass is 1780 g/mol. The van der Waals surface area contributed by atoms with E-state index in [-0.39, 0.29) is 0 Å². The Morgan fingerprint density at radius 3 is 0.426 bits per heavy atom. The molecule has 0 amide bonds. The Morgan fingerprint density at radius 1 is 0.128 bits per heavy atom. The van der Waals surface area contributed by atoms with Gasteiger partial charge in [0.05, 0.1) is 33.4 Å². The molecule has 0 fully saturated rings.